The third kappa shape index (κ3) is 3.94. The first-order valence-corrected chi connectivity index (χ1v) is 8.15. The van der Waals surface area contributed by atoms with Gasteiger partial charge in [-0.15, -0.1) is 0 Å². The second-order valence-electron chi connectivity index (χ2n) is 5.71. The molecule has 1 N–H and O–H groups in total. The molecular weight excluding hydrogens is 332 g/mol. The van der Waals surface area contributed by atoms with Crippen LogP contribution in [0.4, 0.5) is 4.79 Å². The first-order valence-electron chi connectivity index (χ1n) is 8.15. The normalized spacial score (nSPS) is 34.8. The largest absolute Gasteiger partial charge is 0.508 e. The van der Waals surface area contributed by atoms with Gasteiger partial charge in [0.25, 0.3) is 0 Å². The fraction of sp³-hybridized carbons (Fsp3) is 0.588. The fourth-order valence-corrected chi connectivity index (χ4v) is 2.92. The molecule has 25 heavy (non-hydrogen) atoms. The number of carbonyl (C=O) groups excluding carboxylic acids is 1. The van der Waals surface area contributed by atoms with E-state index >= 15 is 0 Å². The quantitative estimate of drug-likeness (QED) is 0.811. The molecule has 0 amide bonds. The summed E-state index contributed by atoms with van der Waals surface area (Å²) < 4.78 is 32.4. The number of ether oxygens (including phenoxy) is 6. The maximum atomic E-state index is 11.6. The number of rotatable bonds is 4. The van der Waals surface area contributed by atoms with Gasteiger partial charge < -0.3 is 33.5 Å². The lowest BCUT2D eigenvalue weighted by Gasteiger charge is -2.46. The van der Waals surface area contributed by atoms with Crippen molar-refractivity contribution in [3.8, 4) is 0 Å². The molecule has 0 radical (unpaired) electrons. The highest BCUT2D eigenvalue weighted by Crippen LogP contribution is 2.35. The summed E-state index contributed by atoms with van der Waals surface area (Å²) in [7, 11) is 1.40. The van der Waals surface area contributed by atoms with Gasteiger partial charge in [-0.1, -0.05) is 30.3 Å². The van der Waals surface area contributed by atoms with Crippen molar-refractivity contribution in [3.63, 3.8) is 0 Å². The zero-order chi connectivity index (χ0) is 17.8. The van der Waals surface area contributed by atoms with E-state index in [0.717, 1.165) is 5.56 Å². The second kappa shape index (κ2) is 8.11. The highest BCUT2D eigenvalue weighted by atomic mass is 16.8. The van der Waals surface area contributed by atoms with E-state index in [1.807, 2.05) is 30.3 Å². The van der Waals surface area contributed by atoms with Crippen LogP contribution in [0.1, 0.15) is 18.8 Å². The van der Waals surface area contributed by atoms with Crippen molar-refractivity contribution in [1.29, 1.82) is 0 Å². The number of hydrogen-bond acceptors (Lipinski definition) is 8. The topological polar surface area (TPSA) is 92.7 Å². The monoisotopic (exact) mass is 354 g/mol. The third-order valence-electron chi connectivity index (χ3n) is 4.11. The van der Waals surface area contributed by atoms with Crippen molar-refractivity contribution in [2.75, 3.05) is 20.3 Å². The first kappa shape index (κ1) is 18.1. The summed E-state index contributed by atoms with van der Waals surface area (Å²) in [5, 5.41) is 10.7. The highest BCUT2D eigenvalue weighted by molar-refractivity contribution is 5.60. The van der Waals surface area contributed by atoms with Gasteiger partial charge in [-0.05, 0) is 6.92 Å². The Morgan fingerprint density at radius 3 is 2.72 bits per heavy atom. The van der Waals surface area contributed by atoms with Crippen LogP contribution in [-0.4, -0.2) is 62.3 Å². The Kier molecular flexibility index (Phi) is 5.87. The third-order valence-corrected chi connectivity index (χ3v) is 4.11. The molecule has 1 unspecified atom stereocenters. The lowest BCUT2D eigenvalue weighted by Crippen LogP contribution is -2.63. The van der Waals surface area contributed by atoms with Crippen LogP contribution in [0.2, 0.25) is 0 Å². The molecule has 2 fully saturated rings. The summed E-state index contributed by atoms with van der Waals surface area (Å²) in [6.45, 7) is 2.03. The Balaban J connectivity index is 1.72. The Bertz CT molecular complexity index is 565. The maximum absolute atomic E-state index is 11.6. The Morgan fingerprint density at radius 2 is 2.04 bits per heavy atom. The Hall–Kier alpha value is -1.71. The molecular formula is C17H22O8. The number of aliphatic hydroxyl groups excluding tert-OH is 1. The molecule has 0 bridgehead atoms. The summed E-state index contributed by atoms with van der Waals surface area (Å²) >= 11 is 0. The molecule has 0 saturated carbocycles. The molecule has 0 aromatic heterocycles. The van der Waals surface area contributed by atoms with Gasteiger partial charge in [0, 0.05) is 12.7 Å². The van der Waals surface area contributed by atoms with Crippen molar-refractivity contribution >= 4 is 6.16 Å². The molecule has 2 heterocycles. The van der Waals surface area contributed by atoms with Gasteiger partial charge in [-0.2, -0.15) is 0 Å². The van der Waals surface area contributed by atoms with Crippen molar-refractivity contribution in [1.82, 2.24) is 0 Å². The van der Waals surface area contributed by atoms with Crippen molar-refractivity contribution < 1.29 is 38.3 Å². The van der Waals surface area contributed by atoms with E-state index in [-0.39, 0.29) is 13.2 Å². The second-order valence-corrected chi connectivity index (χ2v) is 5.71. The summed E-state index contributed by atoms with van der Waals surface area (Å²) in [5.74, 6) is 0. The van der Waals surface area contributed by atoms with E-state index in [2.05, 4.69) is 0 Å². The number of benzene rings is 1. The van der Waals surface area contributed by atoms with Crippen LogP contribution >= 0.6 is 0 Å². The standard InChI is InChI=1S/C17H22O8/c1-3-21-17(19)25-14-12(18)13-11(23-16(14)20-2)9-22-15(24-13)10-7-5-4-6-8-10/h4-8,11-16,18H,3,9H2,1-2H3/t11-,12+,13-,14-,15?,16+/m1/s1. The van der Waals surface area contributed by atoms with Gasteiger partial charge in [0.15, 0.2) is 18.7 Å². The fourth-order valence-electron chi connectivity index (χ4n) is 2.92. The van der Waals surface area contributed by atoms with Crippen LogP contribution in [0.3, 0.4) is 0 Å². The van der Waals surface area contributed by atoms with Gasteiger partial charge in [-0.3, -0.25) is 0 Å². The minimum absolute atomic E-state index is 0.159. The molecule has 0 spiro atoms. The van der Waals surface area contributed by atoms with E-state index in [1.54, 1.807) is 6.92 Å². The SMILES string of the molecule is CCOC(=O)O[C@H]1[C@@H](OC)O[C@@H]2COC(c3ccccc3)O[C@H]2[C@@H]1O. The zero-order valence-corrected chi connectivity index (χ0v) is 14.1. The van der Waals surface area contributed by atoms with Crippen LogP contribution in [0.25, 0.3) is 0 Å². The predicted molar refractivity (Wildman–Crippen MR) is 83.6 cm³/mol. The number of carbonyl (C=O) groups is 1. The number of hydrogen-bond donors (Lipinski definition) is 1. The van der Waals surface area contributed by atoms with Gasteiger partial charge in [0.1, 0.15) is 18.3 Å². The summed E-state index contributed by atoms with van der Waals surface area (Å²) in [6, 6.07) is 9.36. The smallest absolute Gasteiger partial charge is 0.435 e. The van der Waals surface area contributed by atoms with E-state index in [9.17, 15) is 9.90 Å². The molecule has 6 atom stereocenters. The molecule has 2 aliphatic rings. The summed E-state index contributed by atoms with van der Waals surface area (Å²) in [6.07, 6.45) is -5.97. The van der Waals surface area contributed by atoms with Crippen molar-refractivity contribution in [2.45, 2.75) is 43.9 Å². The van der Waals surface area contributed by atoms with Crippen LogP contribution in [0, 0.1) is 0 Å². The maximum Gasteiger partial charge on any atom is 0.508 e. The number of methoxy groups -OCH3 is 1. The molecule has 2 aliphatic heterocycles. The van der Waals surface area contributed by atoms with E-state index < -0.39 is 43.2 Å². The minimum Gasteiger partial charge on any atom is -0.435 e. The van der Waals surface area contributed by atoms with Crippen LogP contribution in [0.5, 0.6) is 0 Å². The molecule has 2 saturated heterocycles. The minimum atomic E-state index is -1.15. The Morgan fingerprint density at radius 1 is 1.28 bits per heavy atom. The van der Waals surface area contributed by atoms with E-state index in [4.69, 9.17) is 28.4 Å². The zero-order valence-electron chi connectivity index (χ0n) is 14.1. The van der Waals surface area contributed by atoms with Gasteiger partial charge in [0.05, 0.1) is 13.2 Å². The van der Waals surface area contributed by atoms with Crippen molar-refractivity contribution in [3.05, 3.63) is 35.9 Å². The van der Waals surface area contributed by atoms with Gasteiger partial charge in [-0.25, -0.2) is 4.79 Å². The Labute approximate surface area is 145 Å². The van der Waals surface area contributed by atoms with E-state index in [1.165, 1.54) is 7.11 Å². The summed E-state index contributed by atoms with van der Waals surface area (Å²) in [4.78, 5) is 11.6. The van der Waals surface area contributed by atoms with Gasteiger partial charge in [0.2, 0.25) is 0 Å². The van der Waals surface area contributed by atoms with Crippen LogP contribution in [0.15, 0.2) is 30.3 Å². The molecule has 8 heteroatoms. The highest BCUT2D eigenvalue weighted by Gasteiger charge is 2.51. The average molecular weight is 354 g/mol. The lowest BCUT2D eigenvalue weighted by atomic mass is 9.97. The molecule has 3 rings (SSSR count). The number of aliphatic hydroxyl groups is 1. The average Bonchev–Trinajstić information content (AvgIpc) is 2.64. The molecule has 8 nitrogen and oxygen atoms in total. The molecule has 0 aliphatic carbocycles. The lowest BCUT2D eigenvalue weighted by molar-refractivity contribution is -0.358. The van der Waals surface area contributed by atoms with Gasteiger partial charge >= 0.3 is 6.16 Å². The van der Waals surface area contributed by atoms with Crippen LogP contribution in [-0.2, 0) is 28.4 Å². The summed E-state index contributed by atoms with van der Waals surface area (Å²) in [5.41, 5.74) is 0.824. The predicted octanol–water partition coefficient (Wildman–Crippen LogP) is 1.37. The van der Waals surface area contributed by atoms with E-state index in [0.29, 0.717) is 0 Å². The molecule has 138 valence electrons. The molecule has 1 aromatic rings. The van der Waals surface area contributed by atoms with Crippen LogP contribution < -0.4 is 0 Å². The first-order chi connectivity index (χ1) is 12.1. The molecule has 1 aromatic carbocycles. The van der Waals surface area contributed by atoms with Crippen molar-refractivity contribution in [2.24, 2.45) is 0 Å². The number of fused-ring (bicyclic) bond motifs is 1.